The first-order valence-corrected chi connectivity index (χ1v) is 13.5. The summed E-state index contributed by atoms with van der Waals surface area (Å²) in [5, 5.41) is 21.3. The van der Waals surface area contributed by atoms with Gasteiger partial charge < -0.3 is 30.2 Å². The summed E-state index contributed by atoms with van der Waals surface area (Å²) >= 11 is 0. The zero-order valence-corrected chi connectivity index (χ0v) is 23.2. The molecule has 4 N–H and O–H groups in total. The van der Waals surface area contributed by atoms with Crippen LogP contribution < -0.4 is 5.73 Å². The summed E-state index contributed by atoms with van der Waals surface area (Å²) in [6.45, 7) is 11.9. The van der Waals surface area contributed by atoms with E-state index in [4.69, 9.17) is 19.9 Å². The molecule has 0 aromatic heterocycles. The Kier molecular flexibility index (Phi) is 11.8. The van der Waals surface area contributed by atoms with Crippen molar-refractivity contribution in [3.8, 4) is 0 Å². The molecule has 10 atom stereocenters. The number of hydrogen-bond donors (Lipinski definition) is 3. The number of carbonyl (C=O) groups is 1. The highest BCUT2D eigenvalue weighted by molar-refractivity contribution is 5.70. The standard InChI is InChI=1S/C29H49NO6/c1-8-23(34-7)21(5)26-27(36-26)28(30)29(6,33)16-10-13-20(4)25-19(3)12-9-11-18(2)14-15-22(31)17-24(32)35-25/h9-10,12-13,16,18-19,21-23,25-28,31,33H,8,11,14-15,17,30H2,1-7H3. The predicted molar refractivity (Wildman–Crippen MR) is 142 cm³/mol. The van der Waals surface area contributed by atoms with Crippen molar-refractivity contribution in [2.45, 2.75) is 116 Å². The van der Waals surface area contributed by atoms with E-state index in [1.54, 1.807) is 26.2 Å². The zero-order chi connectivity index (χ0) is 27.0. The molecule has 0 aromatic carbocycles. The third-order valence-electron chi connectivity index (χ3n) is 7.75. The fourth-order valence-electron chi connectivity index (χ4n) is 5.07. The molecule has 7 nitrogen and oxygen atoms in total. The number of epoxide rings is 1. The van der Waals surface area contributed by atoms with Gasteiger partial charge in [-0.05, 0) is 51.0 Å². The Morgan fingerprint density at radius 3 is 2.67 bits per heavy atom. The van der Waals surface area contributed by atoms with Crippen LogP contribution >= 0.6 is 0 Å². The number of allylic oxidation sites excluding steroid dienone is 3. The van der Waals surface area contributed by atoms with Crippen LogP contribution in [-0.2, 0) is 19.0 Å². The largest absolute Gasteiger partial charge is 0.457 e. The molecule has 2 aliphatic rings. The molecule has 0 aromatic rings. The molecule has 2 aliphatic heterocycles. The fraction of sp³-hybridized carbons (Fsp3) is 0.759. The third kappa shape index (κ3) is 8.80. The number of aliphatic hydroxyl groups is 2. The summed E-state index contributed by atoms with van der Waals surface area (Å²) in [7, 11) is 1.70. The van der Waals surface area contributed by atoms with E-state index in [1.807, 2.05) is 19.9 Å². The zero-order valence-electron chi connectivity index (χ0n) is 23.2. The van der Waals surface area contributed by atoms with E-state index in [0.29, 0.717) is 12.3 Å². The van der Waals surface area contributed by atoms with Gasteiger partial charge >= 0.3 is 5.97 Å². The van der Waals surface area contributed by atoms with Crippen LogP contribution in [0, 0.1) is 17.8 Å². The number of cyclic esters (lactones) is 1. The van der Waals surface area contributed by atoms with E-state index in [-0.39, 0.29) is 36.6 Å². The molecule has 0 saturated carbocycles. The third-order valence-corrected chi connectivity index (χ3v) is 7.75. The van der Waals surface area contributed by atoms with Gasteiger partial charge in [0.15, 0.2) is 0 Å². The van der Waals surface area contributed by atoms with Gasteiger partial charge in [0.2, 0.25) is 0 Å². The number of hydrogen-bond acceptors (Lipinski definition) is 7. The van der Waals surface area contributed by atoms with Crippen molar-refractivity contribution in [2.24, 2.45) is 23.5 Å². The van der Waals surface area contributed by atoms with Crippen molar-refractivity contribution in [3.63, 3.8) is 0 Å². The van der Waals surface area contributed by atoms with Crippen molar-refractivity contribution >= 4 is 5.97 Å². The van der Waals surface area contributed by atoms with Crippen LogP contribution in [0.1, 0.15) is 73.6 Å². The molecule has 1 saturated heterocycles. The molecule has 0 spiro atoms. The maximum atomic E-state index is 12.5. The SMILES string of the molecule is CCC(OC)C(C)C1OC1C(N)C(C)(O)C=CC=C(C)C1OC(=O)CC(O)CCC(C)CC=CC1C. The van der Waals surface area contributed by atoms with E-state index < -0.39 is 29.8 Å². The summed E-state index contributed by atoms with van der Waals surface area (Å²) in [5.74, 6) is 0.201. The lowest BCUT2D eigenvalue weighted by atomic mass is 9.88. The Hall–Kier alpha value is -1.51. The summed E-state index contributed by atoms with van der Waals surface area (Å²) in [6.07, 6.45) is 11.4. The lowest BCUT2D eigenvalue weighted by molar-refractivity contribution is -0.151. The van der Waals surface area contributed by atoms with Gasteiger partial charge in [0.25, 0.3) is 0 Å². The molecule has 1 fully saturated rings. The Morgan fingerprint density at radius 1 is 1.33 bits per heavy atom. The summed E-state index contributed by atoms with van der Waals surface area (Å²) in [5.41, 5.74) is 5.97. The van der Waals surface area contributed by atoms with Crippen LogP contribution in [0.5, 0.6) is 0 Å². The van der Waals surface area contributed by atoms with Gasteiger partial charge in [-0.2, -0.15) is 0 Å². The van der Waals surface area contributed by atoms with E-state index in [2.05, 4.69) is 32.9 Å². The molecule has 7 heteroatoms. The number of nitrogens with two attached hydrogens (primary N) is 1. The molecule has 2 heterocycles. The Morgan fingerprint density at radius 2 is 2.03 bits per heavy atom. The summed E-state index contributed by atoms with van der Waals surface area (Å²) in [4.78, 5) is 12.5. The first-order chi connectivity index (χ1) is 16.9. The fourth-order valence-corrected chi connectivity index (χ4v) is 5.07. The molecule has 206 valence electrons. The second-order valence-corrected chi connectivity index (χ2v) is 11.1. The molecule has 36 heavy (non-hydrogen) atoms. The van der Waals surface area contributed by atoms with Crippen LogP contribution in [0.4, 0.5) is 0 Å². The highest BCUT2D eigenvalue weighted by Crippen LogP contribution is 2.37. The molecule has 0 amide bonds. The molecule has 0 bridgehead atoms. The summed E-state index contributed by atoms with van der Waals surface area (Å²) < 4.78 is 17.2. The second kappa shape index (κ2) is 13.9. The average Bonchev–Trinajstić information content (AvgIpc) is 3.61. The van der Waals surface area contributed by atoms with Crippen LogP contribution in [0.25, 0.3) is 0 Å². The van der Waals surface area contributed by atoms with Crippen LogP contribution in [0.2, 0.25) is 0 Å². The maximum Gasteiger partial charge on any atom is 0.309 e. The lowest BCUT2D eigenvalue weighted by Crippen LogP contribution is -2.49. The molecule has 0 radical (unpaired) electrons. The topological polar surface area (TPSA) is 115 Å². The van der Waals surface area contributed by atoms with E-state index in [1.165, 1.54) is 0 Å². The van der Waals surface area contributed by atoms with Gasteiger partial charge in [-0.15, -0.1) is 0 Å². The van der Waals surface area contributed by atoms with Gasteiger partial charge in [0.1, 0.15) is 12.2 Å². The quantitative estimate of drug-likeness (QED) is 0.186. The molecule has 10 unspecified atom stereocenters. The van der Waals surface area contributed by atoms with Crippen LogP contribution in [0.15, 0.2) is 36.0 Å². The average molecular weight is 508 g/mol. The predicted octanol–water partition coefficient (Wildman–Crippen LogP) is 4.07. The summed E-state index contributed by atoms with van der Waals surface area (Å²) in [6, 6.07) is -0.589. The van der Waals surface area contributed by atoms with Gasteiger partial charge in [-0.3, -0.25) is 4.79 Å². The Labute approximate surface area is 217 Å². The number of rotatable bonds is 9. The smallest absolute Gasteiger partial charge is 0.309 e. The van der Waals surface area contributed by atoms with Gasteiger partial charge in [-0.25, -0.2) is 0 Å². The molecular weight excluding hydrogens is 458 g/mol. The van der Waals surface area contributed by atoms with Gasteiger partial charge in [0.05, 0.1) is 36.4 Å². The van der Waals surface area contributed by atoms with Crippen molar-refractivity contribution in [3.05, 3.63) is 36.0 Å². The Bertz CT molecular complexity index is 787. The second-order valence-electron chi connectivity index (χ2n) is 11.1. The van der Waals surface area contributed by atoms with E-state index >= 15 is 0 Å². The monoisotopic (exact) mass is 507 g/mol. The number of ether oxygens (including phenoxy) is 3. The van der Waals surface area contributed by atoms with Crippen molar-refractivity contribution < 1.29 is 29.2 Å². The number of esters is 1. The maximum absolute atomic E-state index is 12.5. The number of methoxy groups -OCH3 is 1. The highest BCUT2D eigenvalue weighted by atomic mass is 16.6. The van der Waals surface area contributed by atoms with Crippen molar-refractivity contribution in [2.75, 3.05) is 7.11 Å². The van der Waals surface area contributed by atoms with Crippen LogP contribution in [0.3, 0.4) is 0 Å². The first-order valence-electron chi connectivity index (χ1n) is 13.5. The van der Waals surface area contributed by atoms with Crippen LogP contribution in [-0.4, -0.2) is 65.5 Å². The van der Waals surface area contributed by atoms with Crippen molar-refractivity contribution in [1.29, 1.82) is 0 Å². The molecule has 2 rings (SSSR count). The van der Waals surface area contributed by atoms with Gasteiger partial charge in [-0.1, -0.05) is 58.1 Å². The minimum absolute atomic E-state index is 0.00469. The van der Waals surface area contributed by atoms with E-state index in [9.17, 15) is 15.0 Å². The minimum atomic E-state index is -1.28. The highest BCUT2D eigenvalue weighted by Gasteiger charge is 2.52. The van der Waals surface area contributed by atoms with Gasteiger partial charge in [0, 0.05) is 18.9 Å². The van der Waals surface area contributed by atoms with Crippen molar-refractivity contribution in [1.82, 2.24) is 0 Å². The normalized spacial score (nSPS) is 34.7. The first kappa shape index (κ1) is 30.7. The van der Waals surface area contributed by atoms with E-state index in [0.717, 1.165) is 24.8 Å². The lowest BCUT2D eigenvalue weighted by Gasteiger charge is -2.27. The number of carbonyl (C=O) groups excluding carboxylic acids is 1. The minimum Gasteiger partial charge on any atom is -0.457 e. The molecule has 0 aliphatic carbocycles. The Balaban J connectivity index is 2.09. The molecular formula is C29H49NO6. The number of aliphatic hydroxyl groups excluding tert-OH is 1.